The van der Waals surface area contributed by atoms with E-state index in [-0.39, 0.29) is 6.10 Å². The van der Waals surface area contributed by atoms with Crippen LogP contribution in [0, 0.1) is 0 Å². The minimum atomic E-state index is -3.41. The molecule has 1 aromatic rings. The number of nitrogens with zero attached hydrogens (tertiary/aromatic N) is 1. The molecule has 1 aliphatic rings. The number of benzene rings is 1. The van der Waals surface area contributed by atoms with Gasteiger partial charge in [0.1, 0.15) is 0 Å². The van der Waals surface area contributed by atoms with E-state index >= 15 is 0 Å². The van der Waals surface area contributed by atoms with Crippen LogP contribution >= 0.6 is 15.9 Å². The Labute approximate surface area is 122 Å². The molecular weight excluding hydrogens is 330 g/mol. The van der Waals surface area contributed by atoms with E-state index < -0.39 is 10.0 Å². The fourth-order valence-electron chi connectivity index (χ4n) is 2.27. The van der Waals surface area contributed by atoms with Gasteiger partial charge in [0, 0.05) is 24.2 Å². The van der Waals surface area contributed by atoms with Gasteiger partial charge < -0.3 is 4.74 Å². The molecule has 0 radical (unpaired) electrons. The molecule has 1 unspecified atom stereocenters. The second-order valence-electron chi connectivity index (χ2n) is 4.54. The first-order valence-corrected chi connectivity index (χ1v) is 8.64. The van der Waals surface area contributed by atoms with E-state index in [1.165, 1.54) is 4.31 Å². The topological polar surface area (TPSA) is 46.6 Å². The first-order valence-electron chi connectivity index (χ1n) is 6.41. The second-order valence-corrected chi connectivity index (χ2v) is 7.39. The summed E-state index contributed by atoms with van der Waals surface area (Å²) in [7, 11) is -3.41. The van der Waals surface area contributed by atoms with Gasteiger partial charge in [-0.3, -0.25) is 0 Å². The van der Waals surface area contributed by atoms with Crippen molar-refractivity contribution in [3.05, 3.63) is 28.7 Å². The van der Waals surface area contributed by atoms with Crippen molar-refractivity contribution >= 4 is 26.0 Å². The highest BCUT2D eigenvalue weighted by atomic mass is 79.9. The number of hydrogen-bond acceptors (Lipinski definition) is 3. The SMILES string of the molecule is CCOC1CCCN(S(=O)(=O)c2cccc(Br)c2)C1. The maximum absolute atomic E-state index is 12.5. The van der Waals surface area contributed by atoms with Crippen molar-refractivity contribution in [1.29, 1.82) is 0 Å². The Kier molecular flexibility index (Phi) is 5.00. The Bertz CT molecular complexity index is 530. The van der Waals surface area contributed by atoms with Crippen LogP contribution in [0.15, 0.2) is 33.6 Å². The first kappa shape index (κ1) is 15.0. The molecule has 0 saturated carbocycles. The van der Waals surface area contributed by atoms with Crippen molar-refractivity contribution in [2.75, 3.05) is 19.7 Å². The molecule has 0 aromatic heterocycles. The zero-order valence-corrected chi connectivity index (χ0v) is 13.3. The normalized spacial score (nSPS) is 21.5. The van der Waals surface area contributed by atoms with E-state index in [4.69, 9.17) is 4.74 Å². The molecule has 0 amide bonds. The van der Waals surface area contributed by atoms with Gasteiger partial charge in [-0.15, -0.1) is 0 Å². The number of ether oxygens (including phenoxy) is 1. The molecule has 0 aliphatic carbocycles. The highest BCUT2D eigenvalue weighted by Gasteiger charge is 2.30. The highest BCUT2D eigenvalue weighted by Crippen LogP contribution is 2.24. The van der Waals surface area contributed by atoms with E-state index in [0.717, 1.165) is 17.3 Å². The van der Waals surface area contributed by atoms with Crippen molar-refractivity contribution in [2.45, 2.75) is 30.8 Å². The van der Waals surface area contributed by atoms with Gasteiger partial charge in [-0.05, 0) is 38.0 Å². The number of sulfonamides is 1. The monoisotopic (exact) mass is 347 g/mol. The van der Waals surface area contributed by atoms with Gasteiger partial charge in [0.05, 0.1) is 11.0 Å². The van der Waals surface area contributed by atoms with Crippen LogP contribution in [0.4, 0.5) is 0 Å². The van der Waals surface area contributed by atoms with Gasteiger partial charge in [0.15, 0.2) is 0 Å². The number of piperidine rings is 1. The number of halogens is 1. The van der Waals surface area contributed by atoms with Gasteiger partial charge in [-0.25, -0.2) is 8.42 Å². The minimum absolute atomic E-state index is 0.0145. The summed E-state index contributed by atoms with van der Waals surface area (Å²) >= 11 is 3.31. The van der Waals surface area contributed by atoms with Gasteiger partial charge in [-0.1, -0.05) is 22.0 Å². The summed E-state index contributed by atoms with van der Waals surface area (Å²) in [6.07, 6.45) is 1.79. The van der Waals surface area contributed by atoms with Crippen molar-refractivity contribution < 1.29 is 13.2 Å². The molecule has 1 atom stereocenters. The van der Waals surface area contributed by atoms with Gasteiger partial charge >= 0.3 is 0 Å². The molecule has 0 N–H and O–H groups in total. The fourth-order valence-corrected chi connectivity index (χ4v) is 4.38. The van der Waals surface area contributed by atoms with Crippen LogP contribution in [0.5, 0.6) is 0 Å². The largest absolute Gasteiger partial charge is 0.377 e. The molecule has 19 heavy (non-hydrogen) atoms. The van der Waals surface area contributed by atoms with Crippen LogP contribution in [0.3, 0.4) is 0 Å². The van der Waals surface area contributed by atoms with E-state index in [1.807, 2.05) is 13.0 Å². The van der Waals surface area contributed by atoms with E-state index in [0.29, 0.717) is 24.6 Å². The zero-order chi connectivity index (χ0) is 13.9. The van der Waals surface area contributed by atoms with E-state index in [9.17, 15) is 8.42 Å². The van der Waals surface area contributed by atoms with Crippen molar-refractivity contribution in [3.8, 4) is 0 Å². The van der Waals surface area contributed by atoms with Crippen LogP contribution < -0.4 is 0 Å². The Morgan fingerprint density at radius 1 is 1.47 bits per heavy atom. The zero-order valence-electron chi connectivity index (χ0n) is 10.9. The smallest absolute Gasteiger partial charge is 0.243 e. The van der Waals surface area contributed by atoms with Gasteiger partial charge in [0.25, 0.3) is 0 Å². The molecule has 2 rings (SSSR count). The number of rotatable bonds is 4. The maximum Gasteiger partial charge on any atom is 0.243 e. The summed E-state index contributed by atoms with van der Waals surface area (Å²) in [5.74, 6) is 0. The molecule has 0 bridgehead atoms. The van der Waals surface area contributed by atoms with Crippen LogP contribution in [0.25, 0.3) is 0 Å². The van der Waals surface area contributed by atoms with Crippen LogP contribution in [-0.2, 0) is 14.8 Å². The third-order valence-corrected chi connectivity index (χ3v) is 5.53. The predicted octanol–water partition coefficient (Wildman–Crippen LogP) is 2.64. The highest BCUT2D eigenvalue weighted by molar-refractivity contribution is 9.10. The quantitative estimate of drug-likeness (QED) is 0.840. The molecule has 1 saturated heterocycles. The number of hydrogen-bond donors (Lipinski definition) is 0. The summed E-state index contributed by atoms with van der Waals surface area (Å²) in [5.41, 5.74) is 0. The average molecular weight is 348 g/mol. The standard InChI is InChI=1S/C13H18BrNO3S/c1-2-18-12-6-4-8-15(10-12)19(16,17)13-7-3-5-11(14)9-13/h3,5,7,9,12H,2,4,6,8,10H2,1H3. The van der Waals surface area contributed by atoms with Gasteiger partial charge in [0.2, 0.25) is 10.0 Å². The molecular formula is C13H18BrNO3S. The third-order valence-electron chi connectivity index (χ3n) is 3.18. The second kappa shape index (κ2) is 6.35. The lowest BCUT2D eigenvalue weighted by molar-refractivity contribution is 0.0265. The van der Waals surface area contributed by atoms with Crippen LogP contribution in [0.1, 0.15) is 19.8 Å². The summed E-state index contributed by atoms with van der Waals surface area (Å²) in [4.78, 5) is 0.332. The Morgan fingerprint density at radius 3 is 2.95 bits per heavy atom. The van der Waals surface area contributed by atoms with Crippen molar-refractivity contribution in [3.63, 3.8) is 0 Å². The Hall–Kier alpha value is -0.430. The lowest BCUT2D eigenvalue weighted by atomic mass is 10.1. The van der Waals surface area contributed by atoms with Crippen LogP contribution in [-0.4, -0.2) is 38.5 Å². The lowest BCUT2D eigenvalue weighted by Gasteiger charge is -2.31. The molecule has 1 aliphatic heterocycles. The first-order chi connectivity index (χ1) is 9.04. The third kappa shape index (κ3) is 3.56. The minimum Gasteiger partial charge on any atom is -0.377 e. The van der Waals surface area contributed by atoms with E-state index in [2.05, 4.69) is 15.9 Å². The average Bonchev–Trinajstić information content (AvgIpc) is 2.39. The fraction of sp³-hybridized carbons (Fsp3) is 0.538. The van der Waals surface area contributed by atoms with E-state index in [1.54, 1.807) is 18.2 Å². The summed E-state index contributed by atoms with van der Waals surface area (Å²) in [6, 6.07) is 6.82. The van der Waals surface area contributed by atoms with Gasteiger partial charge in [-0.2, -0.15) is 4.31 Å². The van der Waals surface area contributed by atoms with Crippen molar-refractivity contribution in [2.24, 2.45) is 0 Å². The molecule has 106 valence electrons. The Morgan fingerprint density at radius 2 is 2.26 bits per heavy atom. The predicted molar refractivity (Wildman–Crippen MR) is 77.5 cm³/mol. The molecule has 1 heterocycles. The summed E-state index contributed by atoms with van der Waals surface area (Å²) in [5, 5.41) is 0. The van der Waals surface area contributed by atoms with Crippen LogP contribution in [0.2, 0.25) is 0 Å². The molecule has 6 heteroatoms. The molecule has 1 aromatic carbocycles. The summed E-state index contributed by atoms with van der Waals surface area (Å²) in [6.45, 7) is 3.57. The molecule has 0 spiro atoms. The summed E-state index contributed by atoms with van der Waals surface area (Å²) < 4.78 is 32.9. The lowest BCUT2D eigenvalue weighted by Crippen LogP contribution is -2.43. The Balaban J connectivity index is 2.19. The molecule has 1 fully saturated rings. The maximum atomic E-state index is 12.5. The molecule has 4 nitrogen and oxygen atoms in total. The van der Waals surface area contributed by atoms with Crippen molar-refractivity contribution in [1.82, 2.24) is 4.31 Å².